The minimum atomic E-state index is -0.472. The Morgan fingerprint density at radius 3 is 2.70 bits per heavy atom. The summed E-state index contributed by atoms with van der Waals surface area (Å²) in [6.45, 7) is 1.82. The van der Waals surface area contributed by atoms with Crippen LogP contribution in [0, 0.1) is 14.9 Å². The standard InChI is InChI=1S/C18H16N4O4S/c1-3-10-4-6-12(9-15(10)22(25)26)19-16(23)11-5-7-13-14(8-11)20-18(27)21(2)17(13)24/h4-9H,3H2,1-2H3,(H,19,23)(H,20,27). The third kappa shape index (κ3) is 3.49. The van der Waals surface area contributed by atoms with E-state index in [0.29, 0.717) is 34.1 Å². The van der Waals surface area contributed by atoms with Crippen LogP contribution in [0.4, 0.5) is 11.4 Å². The van der Waals surface area contributed by atoms with E-state index in [0.717, 1.165) is 0 Å². The van der Waals surface area contributed by atoms with Crippen LogP contribution in [0.5, 0.6) is 0 Å². The van der Waals surface area contributed by atoms with Crippen LogP contribution in [-0.4, -0.2) is 20.4 Å². The van der Waals surface area contributed by atoms with E-state index in [1.54, 1.807) is 25.2 Å². The molecule has 0 saturated carbocycles. The number of aryl methyl sites for hydroxylation is 1. The molecule has 0 fully saturated rings. The smallest absolute Gasteiger partial charge is 0.274 e. The number of hydrogen-bond donors (Lipinski definition) is 2. The van der Waals surface area contributed by atoms with Crippen molar-refractivity contribution in [2.45, 2.75) is 13.3 Å². The van der Waals surface area contributed by atoms with Crippen molar-refractivity contribution < 1.29 is 9.72 Å². The van der Waals surface area contributed by atoms with Gasteiger partial charge in [0.05, 0.1) is 15.8 Å². The first-order valence-corrected chi connectivity index (χ1v) is 8.54. The van der Waals surface area contributed by atoms with Crippen molar-refractivity contribution in [3.63, 3.8) is 0 Å². The van der Waals surface area contributed by atoms with Crippen LogP contribution in [0.1, 0.15) is 22.8 Å². The van der Waals surface area contributed by atoms with Crippen LogP contribution in [0.3, 0.4) is 0 Å². The van der Waals surface area contributed by atoms with Gasteiger partial charge in [-0.05, 0) is 42.9 Å². The predicted octanol–water partition coefficient (Wildman–Crippen LogP) is 3.32. The number of H-pyrrole nitrogens is 1. The van der Waals surface area contributed by atoms with Gasteiger partial charge in [0.1, 0.15) is 0 Å². The second-order valence-electron chi connectivity index (χ2n) is 5.96. The zero-order chi connectivity index (χ0) is 19.7. The number of nitrogens with zero attached hydrogens (tertiary/aromatic N) is 2. The molecular weight excluding hydrogens is 368 g/mol. The van der Waals surface area contributed by atoms with E-state index in [1.807, 2.05) is 6.92 Å². The maximum absolute atomic E-state index is 12.5. The maximum Gasteiger partial charge on any atom is 0.274 e. The summed E-state index contributed by atoms with van der Waals surface area (Å²) < 4.78 is 1.56. The van der Waals surface area contributed by atoms with E-state index in [2.05, 4.69) is 10.3 Å². The van der Waals surface area contributed by atoms with Gasteiger partial charge in [0.15, 0.2) is 4.77 Å². The Labute approximate surface area is 158 Å². The molecule has 0 atom stereocenters. The average Bonchev–Trinajstić information content (AvgIpc) is 2.65. The Balaban J connectivity index is 1.96. The number of nitro benzene ring substituents is 1. The monoisotopic (exact) mass is 384 g/mol. The molecule has 0 aliphatic carbocycles. The Bertz CT molecular complexity index is 1200. The minimum absolute atomic E-state index is 0.0404. The third-order valence-corrected chi connectivity index (χ3v) is 4.66. The van der Waals surface area contributed by atoms with Crippen LogP contribution in [0.15, 0.2) is 41.2 Å². The van der Waals surface area contributed by atoms with Crippen molar-refractivity contribution in [2.24, 2.45) is 7.05 Å². The van der Waals surface area contributed by atoms with Gasteiger partial charge in [-0.1, -0.05) is 13.0 Å². The van der Waals surface area contributed by atoms with Crippen molar-refractivity contribution in [3.8, 4) is 0 Å². The predicted molar refractivity (Wildman–Crippen MR) is 105 cm³/mol. The van der Waals surface area contributed by atoms with E-state index < -0.39 is 10.8 Å². The molecule has 138 valence electrons. The lowest BCUT2D eigenvalue weighted by atomic mass is 10.1. The number of carbonyl (C=O) groups excluding carboxylic acids is 1. The van der Waals surface area contributed by atoms with Crippen LogP contribution >= 0.6 is 12.2 Å². The van der Waals surface area contributed by atoms with Crippen molar-refractivity contribution in [1.29, 1.82) is 0 Å². The van der Waals surface area contributed by atoms with Crippen molar-refractivity contribution in [3.05, 3.63) is 72.8 Å². The topological polar surface area (TPSA) is 110 Å². The first-order chi connectivity index (χ1) is 12.8. The highest BCUT2D eigenvalue weighted by Crippen LogP contribution is 2.24. The number of rotatable bonds is 4. The number of hydrogen-bond acceptors (Lipinski definition) is 5. The molecule has 1 heterocycles. The molecule has 1 amide bonds. The van der Waals surface area contributed by atoms with Gasteiger partial charge in [-0.15, -0.1) is 0 Å². The summed E-state index contributed by atoms with van der Waals surface area (Å²) >= 11 is 5.09. The van der Waals surface area contributed by atoms with E-state index in [1.165, 1.54) is 22.8 Å². The Morgan fingerprint density at radius 2 is 2.04 bits per heavy atom. The van der Waals surface area contributed by atoms with Crippen LogP contribution in [-0.2, 0) is 13.5 Å². The molecule has 0 aliphatic heterocycles. The van der Waals surface area contributed by atoms with Gasteiger partial charge in [0, 0.05) is 29.9 Å². The number of benzene rings is 2. The van der Waals surface area contributed by atoms with Gasteiger partial charge < -0.3 is 10.3 Å². The highest BCUT2D eigenvalue weighted by Gasteiger charge is 2.15. The first-order valence-electron chi connectivity index (χ1n) is 8.13. The van der Waals surface area contributed by atoms with Gasteiger partial charge in [0.2, 0.25) is 0 Å². The lowest BCUT2D eigenvalue weighted by Gasteiger charge is -2.08. The van der Waals surface area contributed by atoms with Gasteiger partial charge in [0.25, 0.3) is 17.2 Å². The largest absolute Gasteiger partial charge is 0.332 e. The molecule has 2 aromatic carbocycles. The number of amides is 1. The molecule has 0 saturated heterocycles. The molecule has 9 heteroatoms. The fraction of sp³-hybridized carbons (Fsp3) is 0.167. The van der Waals surface area contributed by atoms with E-state index in [4.69, 9.17) is 12.2 Å². The number of anilines is 1. The number of aromatic nitrogens is 2. The fourth-order valence-electron chi connectivity index (χ4n) is 2.76. The molecule has 0 spiro atoms. The van der Waals surface area contributed by atoms with E-state index in [9.17, 15) is 19.7 Å². The summed E-state index contributed by atoms with van der Waals surface area (Å²) in [7, 11) is 1.56. The Morgan fingerprint density at radius 1 is 1.30 bits per heavy atom. The zero-order valence-corrected chi connectivity index (χ0v) is 15.4. The number of nitro groups is 1. The molecular formula is C18H16N4O4S. The number of fused-ring (bicyclic) bond motifs is 1. The normalized spacial score (nSPS) is 10.7. The van der Waals surface area contributed by atoms with Gasteiger partial charge in [-0.3, -0.25) is 24.3 Å². The molecule has 3 aromatic rings. The minimum Gasteiger partial charge on any atom is -0.332 e. The molecule has 3 rings (SSSR count). The highest BCUT2D eigenvalue weighted by atomic mass is 32.1. The second-order valence-corrected chi connectivity index (χ2v) is 6.35. The summed E-state index contributed by atoms with van der Waals surface area (Å²) in [5.74, 6) is -0.449. The highest BCUT2D eigenvalue weighted by molar-refractivity contribution is 7.71. The van der Waals surface area contributed by atoms with E-state index in [-0.39, 0.29) is 16.0 Å². The van der Waals surface area contributed by atoms with Crippen LogP contribution < -0.4 is 10.9 Å². The maximum atomic E-state index is 12.5. The average molecular weight is 384 g/mol. The van der Waals surface area contributed by atoms with Crippen molar-refractivity contribution in [2.75, 3.05) is 5.32 Å². The molecule has 27 heavy (non-hydrogen) atoms. The summed E-state index contributed by atoms with van der Waals surface area (Å²) in [6.07, 6.45) is 0.517. The van der Waals surface area contributed by atoms with Crippen molar-refractivity contribution >= 4 is 40.4 Å². The van der Waals surface area contributed by atoms with Crippen LogP contribution in [0.2, 0.25) is 0 Å². The molecule has 2 N–H and O–H groups in total. The number of carbonyl (C=O) groups is 1. The SMILES string of the molecule is CCc1ccc(NC(=O)c2ccc3c(=O)n(C)c(=S)[nH]c3c2)cc1[N+](=O)[O-]. The van der Waals surface area contributed by atoms with Crippen LogP contribution in [0.25, 0.3) is 10.9 Å². The fourth-order valence-corrected chi connectivity index (χ4v) is 2.95. The molecule has 0 bridgehead atoms. The summed E-state index contributed by atoms with van der Waals surface area (Å²) in [6, 6.07) is 9.16. The van der Waals surface area contributed by atoms with Crippen molar-refractivity contribution in [1.82, 2.24) is 9.55 Å². The molecule has 0 unspecified atom stereocenters. The Kier molecular flexibility index (Phi) is 4.87. The molecule has 0 radical (unpaired) electrons. The lowest BCUT2D eigenvalue weighted by molar-refractivity contribution is -0.385. The Hall–Kier alpha value is -3.33. The molecule has 8 nitrogen and oxygen atoms in total. The lowest BCUT2D eigenvalue weighted by Crippen LogP contribution is -2.19. The zero-order valence-electron chi connectivity index (χ0n) is 14.6. The number of nitrogens with one attached hydrogen (secondary N) is 2. The van der Waals surface area contributed by atoms with Gasteiger partial charge in [-0.2, -0.15) is 0 Å². The van der Waals surface area contributed by atoms with Gasteiger partial charge >= 0.3 is 0 Å². The third-order valence-electron chi connectivity index (χ3n) is 4.28. The summed E-state index contributed by atoms with van der Waals surface area (Å²) in [5, 5.41) is 14.2. The summed E-state index contributed by atoms with van der Waals surface area (Å²) in [4.78, 5) is 38.3. The number of aromatic amines is 1. The quantitative estimate of drug-likeness (QED) is 0.407. The first kappa shape index (κ1) is 18.5. The van der Waals surface area contributed by atoms with Gasteiger partial charge in [-0.25, -0.2) is 0 Å². The van der Waals surface area contributed by atoms with E-state index >= 15 is 0 Å². The summed E-state index contributed by atoms with van der Waals surface area (Å²) in [5.41, 5.74) is 1.35. The molecule has 0 aliphatic rings. The molecule has 1 aromatic heterocycles. The second kappa shape index (κ2) is 7.12.